The molecule has 17 heavy (non-hydrogen) atoms. The van der Waals surface area contributed by atoms with Gasteiger partial charge in [0.25, 0.3) is 0 Å². The number of nitrogens with two attached hydrogens (primary N) is 1. The third-order valence-electron chi connectivity index (χ3n) is 2.99. The van der Waals surface area contributed by atoms with Crippen molar-refractivity contribution in [2.24, 2.45) is 5.73 Å². The fourth-order valence-corrected chi connectivity index (χ4v) is 2.04. The summed E-state index contributed by atoms with van der Waals surface area (Å²) in [5.41, 5.74) is 7.87. The highest BCUT2D eigenvalue weighted by molar-refractivity contribution is 5.84. The zero-order valence-corrected chi connectivity index (χ0v) is 9.77. The number of methoxy groups -OCH3 is 1. The van der Waals surface area contributed by atoms with Crippen molar-refractivity contribution in [2.75, 3.05) is 13.7 Å². The third-order valence-corrected chi connectivity index (χ3v) is 2.99. The van der Waals surface area contributed by atoms with E-state index in [4.69, 9.17) is 5.73 Å². The lowest BCUT2D eigenvalue weighted by Gasteiger charge is -2.12. The van der Waals surface area contributed by atoms with Crippen molar-refractivity contribution in [2.45, 2.75) is 12.3 Å². The summed E-state index contributed by atoms with van der Waals surface area (Å²) in [4.78, 5) is 14.5. The Morgan fingerprint density at radius 1 is 1.47 bits per heavy atom. The maximum atomic E-state index is 11.3. The van der Waals surface area contributed by atoms with Crippen LogP contribution in [0.1, 0.15) is 17.9 Å². The van der Waals surface area contributed by atoms with Crippen LogP contribution in [0.3, 0.4) is 0 Å². The first-order valence-corrected chi connectivity index (χ1v) is 5.59. The molecule has 1 aromatic carbocycles. The Hall–Kier alpha value is -1.81. The number of aromatic nitrogens is 1. The highest BCUT2D eigenvalue weighted by Gasteiger charge is 2.18. The van der Waals surface area contributed by atoms with E-state index in [2.05, 4.69) is 9.72 Å². The molecule has 1 aromatic heterocycles. The van der Waals surface area contributed by atoms with E-state index in [0.29, 0.717) is 13.0 Å². The van der Waals surface area contributed by atoms with Crippen LogP contribution in [0.25, 0.3) is 10.9 Å². The first-order chi connectivity index (χ1) is 8.26. The topological polar surface area (TPSA) is 68.1 Å². The highest BCUT2D eigenvalue weighted by Crippen LogP contribution is 2.27. The van der Waals surface area contributed by atoms with Crippen LogP contribution in [0.15, 0.2) is 30.5 Å². The smallest absolute Gasteiger partial charge is 0.306 e. The predicted octanol–water partition coefficient (Wildman–Crippen LogP) is 1.77. The number of nitrogens with one attached hydrogen (secondary N) is 1. The van der Waals surface area contributed by atoms with Crippen molar-refractivity contribution in [3.8, 4) is 0 Å². The summed E-state index contributed by atoms with van der Waals surface area (Å²) in [5, 5.41) is 1.12. The number of carbonyl (C=O) groups excluding carboxylic acids is 1. The molecule has 0 saturated heterocycles. The number of fused-ring (bicyclic) bond motifs is 1. The Balaban J connectivity index is 2.33. The predicted molar refractivity (Wildman–Crippen MR) is 66.7 cm³/mol. The van der Waals surface area contributed by atoms with Gasteiger partial charge >= 0.3 is 5.97 Å². The van der Waals surface area contributed by atoms with Gasteiger partial charge in [0.05, 0.1) is 13.5 Å². The number of rotatable bonds is 4. The minimum absolute atomic E-state index is 0.00130. The van der Waals surface area contributed by atoms with Crippen molar-refractivity contribution >= 4 is 16.9 Å². The standard InChI is InChI=1S/C13H16N2O2/c1-17-13(16)6-9(7-14)11-8-15-12-5-3-2-4-10(11)12/h2-5,8-9,15H,6-7,14H2,1H3. The molecule has 4 nitrogen and oxygen atoms in total. The number of esters is 1. The quantitative estimate of drug-likeness (QED) is 0.789. The number of aromatic amines is 1. The minimum atomic E-state index is -0.231. The van der Waals surface area contributed by atoms with E-state index in [9.17, 15) is 4.79 Å². The number of carbonyl (C=O) groups is 1. The number of ether oxygens (including phenoxy) is 1. The van der Waals surface area contributed by atoms with Crippen molar-refractivity contribution in [3.05, 3.63) is 36.0 Å². The molecular formula is C13H16N2O2. The maximum absolute atomic E-state index is 11.3. The second-order valence-corrected chi connectivity index (χ2v) is 4.00. The van der Waals surface area contributed by atoms with E-state index < -0.39 is 0 Å². The van der Waals surface area contributed by atoms with E-state index in [0.717, 1.165) is 16.5 Å². The highest BCUT2D eigenvalue weighted by atomic mass is 16.5. The summed E-state index contributed by atoms with van der Waals surface area (Å²) >= 11 is 0. The van der Waals surface area contributed by atoms with Crippen LogP contribution in [-0.4, -0.2) is 24.6 Å². The Labute approximate surface area is 99.8 Å². The molecule has 0 amide bonds. The van der Waals surface area contributed by atoms with Crippen molar-refractivity contribution in [1.29, 1.82) is 0 Å². The number of H-pyrrole nitrogens is 1. The van der Waals surface area contributed by atoms with Crippen molar-refractivity contribution in [1.82, 2.24) is 4.98 Å². The Morgan fingerprint density at radius 3 is 2.94 bits per heavy atom. The van der Waals surface area contributed by atoms with Gasteiger partial charge in [-0.2, -0.15) is 0 Å². The van der Waals surface area contributed by atoms with E-state index in [1.54, 1.807) is 0 Å². The number of para-hydroxylation sites is 1. The normalized spacial score (nSPS) is 12.6. The van der Waals surface area contributed by atoms with E-state index >= 15 is 0 Å². The molecule has 1 unspecified atom stereocenters. The van der Waals surface area contributed by atoms with Gasteiger partial charge in [-0.05, 0) is 18.2 Å². The van der Waals surface area contributed by atoms with Crippen molar-refractivity contribution in [3.63, 3.8) is 0 Å². The molecule has 0 aliphatic heterocycles. The fraction of sp³-hybridized carbons (Fsp3) is 0.308. The summed E-state index contributed by atoms with van der Waals surface area (Å²) in [6, 6.07) is 7.98. The Bertz CT molecular complexity index is 519. The average molecular weight is 232 g/mol. The van der Waals surface area contributed by atoms with Gasteiger partial charge in [0.2, 0.25) is 0 Å². The number of benzene rings is 1. The molecule has 0 bridgehead atoms. The van der Waals surface area contributed by atoms with Crippen LogP contribution in [0.4, 0.5) is 0 Å². The summed E-state index contributed by atoms with van der Waals surface area (Å²) in [5.74, 6) is -0.232. The SMILES string of the molecule is COC(=O)CC(CN)c1c[nH]c2ccccc12. The molecule has 1 atom stereocenters. The van der Waals surface area contributed by atoms with Gasteiger partial charge in [-0.15, -0.1) is 0 Å². The van der Waals surface area contributed by atoms with E-state index in [-0.39, 0.29) is 11.9 Å². The van der Waals surface area contributed by atoms with Crippen LogP contribution in [0.2, 0.25) is 0 Å². The zero-order chi connectivity index (χ0) is 12.3. The van der Waals surface area contributed by atoms with Crippen molar-refractivity contribution < 1.29 is 9.53 Å². The average Bonchev–Trinajstić information content (AvgIpc) is 2.79. The third kappa shape index (κ3) is 2.31. The molecule has 0 fully saturated rings. The second-order valence-electron chi connectivity index (χ2n) is 4.00. The molecule has 90 valence electrons. The summed E-state index contributed by atoms with van der Waals surface area (Å²) in [6.07, 6.45) is 2.24. The Kier molecular flexibility index (Phi) is 3.44. The molecule has 2 rings (SSSR count). The van der Waals surface area contributed by atoms with Crippen LogP contribution >= 0.6 is 0 Å². The molecule has 1 heterocycles. The van der Waals surface area contributed by atoms with Gasteiger partial charge < -0.3 is 15.5 Å². The van der Waals surface area contributed by atoms with Gasteiger partial charge in [0.15, 0.2) is 0 Å². The van der Waals surface area contributed by atoms with Gasteiger partial charge in [0, 0.05) is 23.0 Å². The van der Waals surface area contributed by atoms with Gasteiger partial charge in [-0.1, -0.05) is 18.2 Å². The van der Waals surface area contributed by atoms with Crippen LogP contribution in [0, 0.1) is 0 Å². The lowest BCUT2D eigenvalue weighted by atomic mass is 9.95. The Morgan fingerprint density at radius 2 is 2.24 bits per heavy atom. The molecule has 0 spiro atoms. The van der Waals surface area contributed by atoms with Gasteiger partial charge in [0.1, 0.15) is 0 Å². The summed E-state index contributed by atoms with van der Waals surface area (Å²) < 4.78 is 4.69. The first kappa shape index (κ1) is 11.7. The van der Waals surface area contributed by atoms with Gasteiger partial charge in [-0.25, -0.2) is 0 Å². The molecule has 0 aliphatic carbocycles. The van der Waals surface area contributed by atoms with Crippen LogP contribution in [0.5, 0.6) is 0 Å². The van der Waals surface area contributed by atoms with Crippen LogP contribution in [-0.2, 0) is 9.53 Å². The molecule has 3 N–H and O–H groups in total. The van der Waals surface area contributed by atoms with Gasteiger partial charge in [-0.3, -0.25) is 4.79 Å². The summed E-state index contributed by atoms with van der Waals surface area (Å²) in [7, 11) is 1.39. The first-order valence-electron chi connectivity index (χ1n) is 5.59. The molecule has 0 radical (unpaired) electrons. The number of hydrogen-bond donors (Lipinski definition) is 2. The maximum Gasteiger partial charge on any atom is 0.306 e. The lowest BCUT2D eigenvalue weighted by Crippen LogP contribution is -2.17. The number of hydrogen-bond acceptors (Lipinski definition) is 3. The zero-order valence-electron chi connectivity index (χ0n) is 9.77. The van der Waals surface area contributed by atoms with E-state index in [1.165, 1.54) is 7.11 Å². The lowest BCUT2D eigenvalue weighted by molar-refractivity contribution is -0.141. The molecular weight excluding hydrogens is 216 g/mol. The minimum Gasteiger partial charge on any atom is -0.469 e. The molecule has 4 heteroatoms. The largest absolute Gasteiger partial charge is 0.469 e. The monoisotopic (exact) mass is 232 g/mol. The van der Waals surface area contributed by atoms with E-state index in [1.807, 2.05) is 30.5 Å². The molecule has 2 aromatic rings. The summed E-state index contributed by atoms with van der Waals surface area (Å²) in [6.45, 7) is 0.428. The molecule has 0 aliphatic rings. The second kappa shape index (κ2) is 5.01. The van der Waals surface area contributed by atoms with Crippen LogP contribution < -0.4 is 5.73 Å². The fourth-order valence-electron chi connectivity index (χ4n) is 2.04. The molecule has 0 saturated carbocycles.